The van der Waals surface area contributed by atoms with Crippen LogP contribution in [-0.4, -0.2) is 39.7 Å². The predicted octanol–water partition coefficient (Wildman–Crippen LogP) is 1.46. The highest BCUT2D eigenvalue weighted by atomic mass is 32.2. The minimum atomic E-state index is -3.89. The normalized spacial score (nSPS) is 11.4. The Morgan fingerprint density at radius 1 is 1.10 bits per heavy atom. The molecule has 0 spiro atoms. The quantitative estimate of drug-likeness (QED) is 0.548. The second kappa shape index (κ2) is 8.59. The van der Waals surface area contributed by atoms with Crippen LogP contribution in [0.25, 0.3) is 11.1 Å². The van der Waals surface area contributed by atoms with E-state index in [-0.39, 0.29) is 23.4 Å². The van der Waals surface area contributed by atoms with Crippen LogP contribution in [0.2, 0.25) is 0 Å². The summed E-state index contributed by atoms with van der Waals surface area (Å²) in [5.74, 6) is 0.0393. The van der Waals surface area contributed by atoms with E-state index in [0.717, 1.165) is 0 Å². The number of ether oxygens (including phenoxy) is 2. The number of oxazole rings is 1. The zero-order valence-corrected chi connectivity index (χ0v) is 17.4. The van der Waals surface area contributed by atoms with Gasteiger partial charge in [0.15, 0.2) is 5.58 Å². The molecule has 2 N–H and O–H groups in total. The number of fused-ring (bicyclic) bond motifs is 1. The van der Waals surface area contributed by atoms with Crippen LogP contribution in [0.4, 0.5) is 5.69 Å². The van der Waals surface area contributed by atoms with E-state index in [9.17, 15) is 18.0 Å². The molecule has 0 saturated heterocycles. The zero-order valence-electron chi connectivity index (χ0n) is 16.6. The molecule has 0 radical (unpaired) electrons. The third-order valence-electron chi connectivity index (χ3n) is 4.35. The lowest BCUT2D eigenvalue weighted by Crippen LogP contribution is -2.27. The molecule has 1 aromatic heterocycles. The molecule has 3 aromatic rings. The molecule has 30 heavy (non-hydrogen) atoms. The number of benzene rings is 2. The third-order valence-corrected chi connectivity index (χ3v) is 5.81. The van der Waals surface area contributed by atoms with Crippen molar-refractivity contribution in [2.24, 2.45) is 7.05 Å². The highest BCUT2D eigenvalue weighted by Gasteiger charge is 2.17. The maximum absolute atomic E-state index is 12.5. The number of hydrogen-bond donors (Lipinski definition) is 2. The van der Waals surface area contributed by atoms with Crippen LogP contribution in [0.1, 0.15) is 6.42 Å². The Hall–Kier alpha value is -3.31. The summed E-state index contributed by atoms with van der Waals surface area (Å²) in [6.45, 7) is -0.119. The van der Waals surface area contributed by atoms with Crippen molar-refractivity contribution in [3.8, 4) is 11.5 Å². The number of aryl methyl sites for hydroxylation is 1. The summed E-state index contributed by atoms with van der Waals surface area (Å²) < 4.78 is 43.9. The minimum absolute atomic E-state index is 0.0673. The molecule has 0 unspecified atom stereocenters. The Morgan fingerprint density at radius 3 is 2.40 bits per heavy atom. The summed E-state index contributed by atoms with van der Waals surface area (Å²) in [7, 11) is 0.625. The van der Waals surface area contributed by atoms with E-state index in [1.165, 1.54) is 44.0 Å². The van der Waals surface area contributed by atoms with Crippen LogP contribution in [0.5, 0.6) is 11.5 Å². The van der Waals surface area contributed by atoms with Gasteiger partial charge >= 0.3 is 5.76 Å². The first-order valence-corrected chi connectivity index (χ1v) is 10.3. The van der Waals surface area contributed by atoms with Gasteiger partial charge in [-0.15, -0.1) is 0 Å². The highest BCUT2D eigenvalue weighted by molar-refractivity contribution is 7.89. The van der Waals surface area contributed by atoms with Crippen molar-refractivity contribution in [3.63, 3.8) is 0 Å². The van der Waals surface area contributed by atoms with Gasteiger partial charge in [-0.3, -0.25) is 9.36 Å². The van der Waals surface area contributed by atoms with E-state index in [1.807, 2.05) is 0 Å². The molecular formula is C19H21N3O7S. The second-order valence-electron chi connectivity index (χ2n) is 6.35. The molecule has 160 valence electrons. The van der Waals surface area contributed by atoms with Crippen molar-refractivity contribution in [3.05, 3.63) is 46.9 Å². The maximum Gasteiger partial charge on any atom is 0.419 e. The van der Waals surface area contributed by atoms with Crippen molar-refractivity contribution < 1.29 is 27.1 Å². The fourth-order valence-electron chi connectivity index (χ4n) is 2.77. The summed E-state index contributed by atoms with van der Waals surface area (Å²) in [5, 5.41) is 2.66. The topological polar surface area (TPSA) is 129 Å². The van der Waals surface area contributed by atoms with Gasteiger partial charge in [0.1, 0.15) is 11.5 Å². The van der Waals surface area contributed by atoms with Crippen molar-refractivity contribution in [1.82, 2.24) is 9.29 Å². The second-order valence-corrected chi connectivity index (χ2v) is 8.12. The van der Waals surface area contributed by atoms with Gasteiger partial charge in [-0.25, -0.2) is 17.9 Å². The lowest BCUT2D eigenvalue weighted by molar-refractivity contribution is -0.116. The van der Waals surface area contributed by atoms with Crippen LogP contribution >= 0.6 is 0 Å². The number of amides is 1. The first-order chi connectivity index (χ1) is 14.2. The van der Waals surface area contributed by atoms with Crippen LogP contribution in [0.3, 0.4) is 0 Å². The van der Waals surface area contributed by atoms with Gasteiger partial charge in [0.2, 0.25) is 15.9 Å². The monoisotopic (exact) mass is 435 g/mol. The summed E-state index contributed by atoms with van der Waals surface area (Å²) in [6.07, 6.45) is -0.0958. The molecule has 0 aliphatic rings. The number of nitrogens with one attached hydrogen (secondary N) is 2. The van der Waals surface area contributed by atoms with E-state index in [1.54, 1.807) is 18.2 Å². The molecule has 0 bridgehead atoms. The van der Waals surface area contributed by atoms with Gasteiger partial charge in [0.25, 0.3) is 0 Å². The summed E-state index contributed by atoms with van der Waals surface area (Å²) in [6, 6.07) is 9.01. The molecular weight excluding hydrogens is 414 g/mol. The molecule has 1 heterocycles. The molecule has 0 atom stereocenters. The number of methoxy groups -OCH3 is 2. The van der Waals surface area contributed by atoms with Crippen molar-refractivity contribution in [2.75, 3.05) is 26.1 Å². The Kier molecular flexibility index (Phi) is 6.13. The number of nitrogens with zero attached hydrogens (tertiary/aromatic N) is 1. The number of aromatic nitrogens is 1. The number of rotatable bonds is 8. The lowest BCUT2D eigenvalue weighted by Gasteiger charge is -2.10. The van der Waals surface area contributed by atoms with Crippen molar-refractivity contribution in [1.29, 1.82) is 0 Å². The first kappa shape index (κ1) is 21.4. The Balaban J connectivity index is 1.62. The van der Waals surface area contributed by atoms with E-state index in [4.69, 9.17) is 13.9 Å². The zero-order chi connectivity index (χ0) is 21.9. The SMILES string of the molecule is COc1cc(NC(=O)CCNS(=O)(=O)c2ccc3c(c2)oc(=O)n3C)cc(OC)c1. The standard InChI is InChI=1S/C19H21N3O7S/c1-22-16-5-4-15(11-17(16)29-19(22)24)30(25,26)20-7-6-18(23)21-12-8-13(27-2)10-14(9-12)28-3/h4-5,8-11,20H,6-7H2,1-3H3,(H,21,23). The molecule has 0 fully saturated rings. The van der Waals surface area contributed by atoms with E-state index in [0.29, 0.717) is 22.7 Å². The molecule has 10 nitrogen and oxygen atoms in total. The molecule has 2 aromatic carbocycles. The van der Waals surface area contributed by atoms with Gasteiger partial charge in [0.05, 0.1) is 24.6 Å². The van der Waals surface area contributed by atoms with Gasteiger partial charge in [-0.05, 0) is 12.1 Å². The van der Waals surface area contributed by atoms with Crippen LogP contribution in [0, 0.1) is 0 Å². The lowest BCUT2D eigenvalue weighted by atomic mass is 10.2. The van der Waals surface area contributed by atoms with E-state index in [2.05, 4.69) is 10.0 Å². The Labute approximate surface area is 172 Å². The molecule has 11 heteroatoms. The Morgan fingerprint density at radius 2 is 1.77 bits per heavy atom. The van der Waals surface area contributed by atoms with Gasteiger partial charge < -0.3 is 19.2 Å². The fraction of sp³-hybridized carbons (Fsp3) is 0.263. The molecule has 0 aliphatic carbocycles. The summed E-state index contributed by atoms with van der Waals surface area (Å²) >= 11 is 0. The van der Waals surface area contributed by atoms with Crippen molar-refractivity contribution >= 4 is 32.7 Å². The van der Waals surface area contributed by atoms with E-state index >= 15 is 0 Å². The minimum Gasteiger partial charge on any atom is -0.497 e. The number of carbonyl (C=O) groups is 1. The predicted molar refractivity (Wildman–Crippen MR) is 109 cm³/mol. The van der Waals surface area contributed by atoms with Crippen LogP contribution in [-0.2, 0) is 21.9 Å². The highest BCUT2D eigenvalue weighted by Crippen LogP contribution is 2.25. The average Bonchev–Trinajstić information content (AvgIpc) is 3.00. The first-order valence-electron chi connectivity index (χ1n) is 8.85. The number of anilines is 1. The average molecular weight is 435 g/mol. The number of hydrogen-bond acceptors (Lipinski definition) is 7. The summed E-state index contributed by atoms with van der Waals surface area (Å²) in [4.78, 5) is 23.6. The Bertz CT molecular complexity index is 1220. The molecule has 1 amide bonds. The van der Waals surface area contributed by atoms with Crippen molar-refractivity contribution in [2.45, 2.75) is 11.3 Å². The van der Waals surface area contributed by atoms with Gasteiger partial charge in [0, 0.05) is 50.0 Å². The fourth-order valence-corrected chi connectivity index (χ4v) is 3.81. The largest absolute Gasteiger partial charge is 0.497 e. The van der Waals surface area contributed by atoms with Crippen LogP contribution < -0.4 is 25.3 Å². The van der Waals surface area contributed by atoms with Gasteiger partial charge in [-0.1, -0.05) is 0 Å². The maximum atomic E-state index is 12.5. The van der Waals surface area contributed by atoms with Crippen LogP contribution in [0.15, 0.2) is 50.5 Å². The summed E-state index contributed by atoms with van der Waals surface area (Å²) in [5.41, 5.74) is 1.10. The third kappa shape index (κ3) is 4.63. The number of carbonyl (C=O) groups excluding carboxylic acids is 1. The molecule has 0 saturated carbocycles. The van der Waals surface area contributed by atoms with Gasteiger partial charge in [-0.2, -0.15) is 0 Å². The smallest absolute Gasteiger partial charge is 0.419 e. The number of sulfonamides is 1. The molecule has 3 rings (SSSR count). The van der Waals surface area contributed by atoms with E-state index < -0.39 is 21.7 Å². The molecule has 0 aliphatic heterocycles.